The Morgan fingerprint density at radius 1 is 1.19 bits per heavy atom. The average molecular weight is 292 g/mol. The molecule has 114 valence electrons. The van der Waals surface area contributed by atoms with Gasteiger partial charge in [0.2, 0.25) is 5.91 Å². The van der Waals surface area contributed by atoms with Crippen LogP contribution in [0.4, 0.5) is 0 Å². The molecule has 1 aromatic carbocycles. The topological polar surface area (TPSA) is 84.5 Å². The summed E-state index contributed by atoms with van der Waals surface area (Å²) in [5.74, 6) is -0.814. The molecule has 0 aliphatic rings. The number of carbonyl (C=O) groups is 3. The van der Waals surface area contributed by atoms with Crippen LogP contribution in [0.15, 0.2) is 30.3 Å². The smallest absolute Gasteiger partial charge is 0.307 e. The number of nitrogens with one attached hydrogen (secondary N) is 2. The Balaban J connectivity index is 2.29. The molecule has 1 atom stereocenters. The summed E-state index contributed by atoms with van der Waals surface area (Å²) in [5, 5.41) is 5.35. The van der Waals surface area contributed by atoms with Crippen LogP contribution in [0.1, 0.15) is 30.1 Å². The van der Waals surface area contributed by atoms with Crippen molar-refractivity contribution in [3.8, 4) is 0 Å². The monoisotopic (exact) mass is 292 g/mol. The van der Waals surface area contributed by atoms with Gasteiger partial charge in [-0.1, -0.05) is 18.2 Å². The first-order valence-electron chi connectivity index (χ1n) is 6.72. The number of esters is 1. The minimum absolute atomic E-state index is 0.132. The Hall–Kier alpha value is -2.37. The van der Waals surface area contributed by atoms with Gasteiger partial charge in [-0.25, -0.2) is 0 Å². The number of amides is 2. The zero-order valence-electron chi connectivity index (χ0n) is 12.2. The van der Waals surface area contributed by atoms with Crippen molar-refractivity contribution >= 4 is 17.8 Å². The molecule has 0 spiro atoms. The number of hydrogen-bond acceptors (Lipinski definition) is 4. The Kier molecular flexibility index (Phi) is 6.94. The fourth-order valence-electron chi connectivity index (χ4n) is 1.70. The molecule has 0 heterocycles. The normalized spacial score (nSPS) is 11.3. The van der Waals surface area contributed by atoms with E-state index in [9.17, 15) is 14.4 Å². The molecule has 2 amide bonds. The molecule has 0 radical (unpaired) electrons. The standard InChI is InChI=1S/C15H20N2O4/c1-11(10-13(18)16-9-8-14(19)21-2)17-15(20)12-6-4-3-5-7-12/h3-7,11H,8-10H2,1-2H3,(H,16,18)(H,17,20). The van der Waals surface area contributed by atoms with E-state index in [2.05, 4.69) is 15.4 Å². The molecule has 1 aromatic rings. The van der Waals surface area contributed by atoms with Crippen LogP contribution < -0.4 is 10.6 Å². The first-order valence-corrected chi connectivity index (χ1v) is 6.72. The van der Waals surface area contributed by atoms with E-state index in [1.165, 1.54) is 7.11 Å². The van der Waals surface area contributed by atoms with Crippen molar-refractivity contribution in [2.24, 2.45) is 0 Å². The SMILES string of the molecule is COC(=O)CCNC(=O)CC(C)NC(=O)c1ccccc1. The Morgan fingerprint density at radius 3 is 2.48 bits per heavy atom. The average Bonchev–Trinajstić information content (AvgIpc) is 2.47. The Bertz CT molecular complexity index is 488. The maximum absolute atomic E-state index is 11.9. The van der Waals surface area contributed by atoms with Crippen molar-refractivity contribution in [3.05, 3.63) is 35.9 Å². The zero-order chi connectivity index (χ0) is 15.7. The van der Waals surface area contributed by atoms with Gasteiger partial charge in [-0.3, -0.25) is 14.4 Å². The molecule has 0 saturated heterocycles. The molecule has 0 aromatic heterocycles. The van der Waals surface area contributed by atoms with Crippen LogP contribution in [-0.4, -0.2) is 37.5 Å². The van der Waals surface area contributed by atoms with Crippen LogP contribution in [0.3, 0.4) is 0 Å². The third kappa shape index (κ3) is 6.56. The van der Waals surface area contributed by atoms with Crippen molar-refractivity contribution in [3.63, 3.8) is 0 Å². The fourth-order valence-corrected chi connectivity index (χ4v) is 1.70. The number of ether oxygens (including phenoxy) is 1. The van der Waals surface area contributed by atoms with E-state index in [0.29, 0.717) is 5.56 Å². The number of rotatable bonds is 7. The van der Waals surface area contributed by atoms with Gasteiger partial charge >= 0.3 is 5.97 Å². The zero-order valence-corrected chi connectivity index (χ0v) is 12.2. The number of hydrogen-bond donors (Lipinski definition) is 2. The highest BCUT2D eigenvalue weighted by Crippen LogP contribution is 2.00. The molecule has 21 heavy (non-hydrogen) atoms. The summed E-state index contributed by atoms with van der Waals surface area (Å²) in [4.78, 5) is 34.4. The summed E-state index contributed by atoms with van der Waals surface area (Å²) in [5.41, 5.74) is 0.551. The lowest BCUT2D eigenvalue weighted by atomic mass is 10.1. The van der Waals surface area contributed by atoms with E-state index >= 15 is 0 Å². The maximum Gasteiger partial charge on any atom is 0.307 e. The number of benzene rings is 1. The summed E-state index contributed by atoms with van der Waals surface area (Å²) in [6, 6.07) is 8.50. The third-order valence-corrected chi connectivity index (χ3v) is 2.78. The van der Waals surface area contributed by atoms with E-state index in [1.807, 2.05) is 6.07 Å². The van der Waals surface area contributed by atoms with Gasteiger partial charge in [-0.05, 0) is 19.1 Å². The van der Waals surface area contributed by atoms with Crippen molar-refractivity contribution in [2.45, 2.75) is 25.8 Å². The lowest BCUT2D eigenvalue weighted by Gasteiger charge is -2.13. The lowest BCUT2D eigenvalue weighted by molar-refractivity contribution is -0.140. The largest absolute Gasteiger partial charge is 0.469 e. The van der Waals surface area contributed by atoms with Gasteiger partial charge in [0.15, 0.2) is 0 Å². The molecule has 0 bridgehead atoms. The van der Waals surface area contributed by atoms with Crippen molar-refractivity contribution in [1.29, 1.82) is 0 Å². The van der Waals surface area contributed by atoms with Crippen LogP contribution in [0.5, 0.6) is 0 Å². The predicted octanol–water partition coefficient (Wildman–Crippen LogP) is 0.874. The molecule has 6 heteroatoms. The molecule has 0 aliphatic carbocycles. The quantitative estimate of drug-likeness (QED) is 0.730. The van der Waals surface area contributed by atoms with Crippen LogP contribution in [0, 0.1) is 0 Å². The molecular weight excluding hydrogens is 272 g/mol. The first-order chi connectivity index (χ1) is 10.0. The highest BCUT2D eigenvalue weighted by atomic mass is 16.5. The summed E-state index contributed by atoms with van der Waals surface area (Å²) < 4.78 is 4.47. The van der Waals surface area contributed by atoms with Gasteiger partial charge in [0.1, 0.15) is 0 Å². The fraction of sp³-hybridized carbons (Fsp3) is 0.400. The van der Waals surface area contributed by atoms with Crippen LogP contribution in [0.25, 0.3) is 0 Å². The summed E-state index contributed by atoms with van der Waals surface area (Å²) in [6.07, 6.45) is 0.284. The molecule has 0 fully saturated rings. The van der Waals surface area contributed by atoms with Crippen LogP contribution in [0.2, 0.25) is 0 Å². The molecule has 6 nitrogen and oxygen atoms in total. The second kappa shape index (κ2) is 8.73. The second-order valence-electron chi connectivity index (χ2n) is 4.62. The molecule has 2 N–H and O–H groups in total. The van der Waals surface area contributed by atoms with Gasteiger partial charge < -0.3 is 15.4 Å². The maximum atomic E-state index is 11.9. The van der Waals surface area contributed by atoms with Gasteiger partial charge in [0, 0.05) is 24.6 Å². The van der Waals surface area contributed by atoms with E-state index in [4.69, 9.17) is 0 Å². The minimum atomic E-state index is -0.374. The van der Waals surface area contributed by atoms with E-state index in [0.717, 1.165) is 0 Å². The Labute approximate surface area is 123 Å². The third-order valence-electron chi connectivity index (χ3n) is 2.78. The van der Waals surface area contributed by atoms with E-state index < -0.39 is 0 Å². The first kappa shape index (κ1) is 16.7. The summed E-state index contributed by atoms with van der Waals surface area (Å²) >= 11 is 0. The molecule has 0 aliphatic heterocycles. The second-order valence-corrected chi connectivity index (χ2v) is 4.62. The molecule has 1 unspecified atom stereocenters. The minimum Gasteiger partial charge on any atom is -0.469 e. The number of carbonyl (C=O) groups excluding carboxylic acids is 3. The van der Waals surface area contributed by atoms with Crippen LogP contribution >= 0.6 is 0 Å². The summed E-state index contributed by atoms with van der Waals surface area (Å²) in [6.45, 7) is 1.98. The van der Waals surface area contributed by atoms with E-state index in [1.54, 1.807) is 31.2 Å². The highest BCUT2D eigenvalue weighted by molar-refractivity contribution is 5.94. The number of methoxy groups -OCH3 is 1. The highest BCUT2D eigenvalue weighted by Gasteiger charge is 2.13. The Morgan fingerprint density at radius 2 is 1.86 bits per heavy atom. The molecule has 1 rings (SSSR count). The van der Waals surface area contributed by atoms with Crippen molar-refractivity contribution in [2.75, 3.05) is 13.7 Å². The summed E-state index contributed by atoms with van der Waals surface area (Å²) in [7, 11) is 1.30. The van der Waals surface area contributed by atoms with Gasteiger partial charge in [-0.15, -0.1) is 0 Å². The molecule has 0 saturated carbocycles. The van der Waals surface area contributed by atoms with Gasteiger partial charge in [0.05, 0.1) is 13.5 Å². The van der Waals surface area contributed by atoms with Crippen molar-refractivity contribution in [1.82, 2.24) is 10.6 Å². The van der Waals surface area contributed by atoms with Gasteiger partial charge in [-0.2, -0.15) is 0 Å². The van der Waals surface area contributed by atoms with E-state index in [-0.39, 0.29) is 43.2 Å². The van der Waals surface area contributed by atoms with Crippen molar-refractivity contribution < 1.29 is 19.1 Å². The lowest BCUT2D eigenvalue weighted by Crippen LogP contribution is -2.37. The van der Waals surface area contributed by atoms with Gasteiger partial charge in [0.25, 0.3) is 5.91 Å². The molecular formula is C15H20N2O4. The van der Waals surface area contributed by atoms with Crippen LogP contribution in [-0.2, 0) is 14.3 Å². The predicted molar refractivity (Wildman–Crippen MR) is 77.6 cm³/mol.